The average molecular weight is 608 g/mol. The van der Waals surface area contributed by atoms with Gasteiger partial charge in [-0.05, 0) is 72.5 Å². The van der Waals surface area contributed by atoms with Crippen LogP contribution in [0.4, 0.5) is 19.4 Å². The van der Waals surface area contributed by atoms with Crippen LogP contribution in [0.25, 0.3) is 10.9 Å². The average Bonchev–Trinajstić information content (AvgIpc) is 2.73. The third kappa shape index (κ3) is 6.28. The smallest absolute Gasteiger partial charge is 0.410 e. The zero-order chi connectivity index (χ0) is 27.2. The topological polar surface area (TPSA) is 67.8 Å². The fourth-order valence-corrected chi connectivity index (χ4v) is 5.25. The summed E-state index contributed by atoms with van der Waals surface area (Å²) < 4.78 is 42.1. The number of piperazine rings is 1. The molecule has 1 fully saturated rings. The van der Waals surface area contributed by atoms with E-state index in [0.717, 1.165) is 6.07 Å². The summed E-state index contributed by atoms with van der Waals surface area (Å²) in [5, 5.41) is -0.306. The first kappa shape index (κ1) is 29.0. The standard InChI is InChI=1S/C24H34BrClF2N4O3Si/c1-23(2,3)35-22(33)31-9-10-32(14(12-31)13-34-36(7,8)24(4,5)6)20-17-16(27)11-15(25)18(28)19(17)29-21(26)30-20/h11,14H,9-10,12-13H2,1-8H3. The first-order valence-electron chi connectivity index (χ1n) is 11.8. The highest BCUT2D eigenvalue weighted by Gasteiger charge is 2.40. The summed E-state index contributed by atoms with van der Waals surface area (Å²) in [5.74, 6) is -1.23. The van der Waals surface area contributed by atoms with Gasteiger partial charge in [-0.15, -0.1) is 0 Å². The van der Waals surface area contributed by atoms with Crippen molar-refractivity contribution in [3.63, 3.8) is 0 Å². The largest absolute Gasteiger partial charge is 0.444 e. The van der Waals surface area contributed by atoms with E-state index in [1.54, 1.807) is 4.90 Å². The van der Waals surface area contributed by atoms with Crippen LogP contribution in [0.1, 0.15) is 41.5 Å². The molecule has 36 heavy (non-hydrogen) atoms. The van der Waals surface area contributed by atoms with Crippen molar-refractivity contribution >= 4 is 58.7 Å². The number of carbonyl (C=O) groups is 1. The molecule has 3 rings (SSSR count). The van der Waals surface area contributed by atoms with E-state index in [9.17, 15) is 9.18 Å². The van der Waals surface area contributed by atoms with E-state index in [4.69, 9.17) is 20.8 Å². The van der Waals surface area contributed by atoms with Crippen molar-refractivity contribution in [2.45, 2.75) is 71.3 Å². The SMILES string of the molecule is CC(C)(C)OC(=O)N1CCN(c2nc(Cl)nc3c(F)c(Br)cc(F)c23)C(CO[Si](C)(C)C(C)(C)C)C1. The van der Waals surface area contributed by atoms with Gasteiger partial charge in [0.25, 0.3) is 0 Å². The minimum absolute atomic E-state index is 0.0379. The maximum Gasteiger partial charge on any atom is 0.410 e. The highest BCUT2D eigenvalue weighted by atomic mass is 79.9. The lowest BCUT2D eigenvalue weighted by Gasteiger charge is -2.44. The minimum Gasteiger partial charge on any atom is -0.444 e. The Labute approximate surface area is 225 Å². The summed E-state index contributed by atoms with van der Waals surface area (Å²) in [7, 11) is -2.16. The molecule has 1 amide bonds. The molecule has 7 nitrogen and oxygen atoms in total. The van der Waals surface area contributed by atoms with Gasteiger partial charge in [0.15, 0.2) is 14.1 Å². The molecule has 0 N–H and O–H groups in total. The van der Waals surface area contributed by atoms with Crippen molar-refractivity contribution in [2.75, 3.05) is 31.1 Å². The summed E-state index contributed by atoms with van der Waals surface area (Å²) in [4.78, 5) is 24.6. The molecule has 2 aromatic rings. The highest BCUT2D eigenvalue weighted by Crippen LogP contribution is 2.38. The summed E-state index contributed by atoms with van der Waals surface area (Å²) in [6.45, 7) is 17.2. The van der Waals surface area contributed by atoms with E-state index in [2.05, 4.69) is 59.8 Å². The third-order valence-electron chi connectivity index (χ3n) is 6.62. The molecule has 1 aromatic carbocycles. The van der Waals surface area contributed by atoms with Crippen molar-refractivity contribution < 1.29 is 22.7 Å². The molecule has 200 valence electrons. The molecule has 0 bridgehead atoms. The molecular formula is C24H34BrClF2N4O3Si. The predicted molar refractivity (Wildman–Crippen MR) is 144 cm³/mol. The van der Waals surface area contributed by atoms with Crippen molar-refractivity contribution in [1.29, 1.82) is 0 Å². The van der Waals surface area contributed by atoms with Gasteiger partial charge in [0.2, 0.25) is 5.28 Å². The molecule has 1 aliphatic heterocycles. The number of hydrogen-bond donors (Lipinski definition) is 0. The molecule has 12 heteroatoms. The number of benzene rings is 1. The van der Waals surface area contributed by atoms with Crippen LogP contribution in [0.5, 0.6) is 0 Å². The zero-order valence-corrected chi connectivity index (χ0v) is 25.4. The van der Waals surface area contributed by atoms with Gasteiger partial charge in [-0.3, -0.25) is 0 Å². The van der Waals surface area contributed by atoms with Crippen LogP contribution in [0.2, 0.25) is 23.4 Å². The number of ether oxygens (including phenoxy) is 1. The summed E-state index contributed by atoms with van der Waals surface area (Å²) >= 11 is 9.20. The number of hydrogen-bond acceptors (Lipinski definition) is 6. The maximum atomic E-state index is 15.2. The van der Waals surface area contributed by atoms with E-state index in [0.29, 0.717) is 13.1 Å². The van der Waals surface area contributed by atoms with Crippen LogP contribution in [0.15, 0.2) is 10.5 Å². The van der Waals surface area contributed by atoms with Gasteiger partial charge in [0.05, 0.1) is 22.5 Å². The quantitative estimate of drug-likeness (QED) is 0.217. The van der Waals surface area contributed by atoms with E-state index >= 15 is 4.39 Å². The fraction of sp³-hybridized carbons (Fsp3) is 0.625. The van der Waals surface area contributed by atoms with Gasteiger partial charge in [0.1, 0.15) is 22.8 Å². The molecule has 0 saturated carbocycles. The molecule has 2 heterocycles. The fourth-order valence-electron chi connectivity index (χ4n) is 3.66. The summed E-state index contributed by atoms with van der Waals surface area (Å²) in [5.41, 5.74) is -0.860. The lowest BCUT2D eigenvalue weighted by atomic mass is 10.1. The predicted octanol–water partition coefficient (Wildman–Crippen LogP) is 6.77. The first-order valence-corrected chi connectivity index (χ1v) is 15.9. The van der Waals surface area contributed by atoms with Crippen molar-refractivity contribution in [3.8, 4) is 0 Å². The van der Waals surface area contributed by atoms with Gasteiger partial charge in [0, 0.05) is 19.6 Å². The van der Waals surface area contributed by atoms with Gasteiger partial charge in [-0.2, -0.15) is 4.98 Å². The van der Waals surface area contributed by atoms with Crippen molar-refractivity contribution in [1.82, 2.24) is 14.9 Å². The Bertz CT molecular complexity index is 1160. The first-order chi connectivity index (χ1) is 16.4. The molecule has 1 aliphatic rings. The number of anilines is 1. The van der Waals surface area contributed by atoms with Crippen molar-refractivity contribution in [3.05, 3.63) is 27.5 Å². The number of halogens is 4. The lowest BCUT2D eigenvalue weighted by Crippen LogP contribution is -2.58. The summed E-state index contributed by atoms with van der Waals surface area (Å²) in [6.07, 6.45) is -0.439. The van der Waals surface area contributed by atoms with Crippen LogP contribution in [0, 0.1) is 11.6 Å². The van der Waals surface area contributed by atoms with Gasteiger partial charge in [-0.1, -0.05) is 20.8 Å². The van der Waals surface area contributed by atoms with Crippen LogP contribution in [-0.4, -0.2) is 67.2 Å². The number of amides is 1. The number of aromatic nitrogens is 2. The van der Waals surface area contributed by atoms with Gasteiger partial charge < -0.3 is 19.0 Å². The minimum atomic E-state index is -2.16. The lowest BCUT2D eigenvalue weighted by molar-refractivity contribution is 0.0199. The summed E-state index contributed by atoms with van der Waals surface area (Å²) in [6, 6.07) is 0.650. The number of nitrogens with zero attached hydrogens (tertiary/aromatic N) is 4. The van der Waals surface area contributed by atoms with E-state index in [-0.39, 0.29) is 44.7 Å². The Hall–Kier alpha value is -1.56. The molecule has 0 spiro atoms. The molecule has 1 aromatic heterocycles. The van der Waals surface area contributed by atoms with Crippen LogP contribution >= 0.6 is 27.5 Å². The normalized spacial score (nSPS) is 17.6. The monoisotopic (exact) mass is 606 g/mol. The Kier molecular flexibility index (Phi) is 8.30. The second-order valence-electron chi connectivity index (χ2n) is 11.5. The number of carbonyl (C=O) groups excluding carboxylic acids is 1. The van der Waals surface area contributed by atoms with Gasteiger partial charge in [-0.25, -0.2) is 18.6 Å². The highest BCUT2D eigenvalue weighted by molar-refractivity contribution is 9.10. The Morgan fingerprint density at radius 1 is 1.19 bits per heavy atom. The Morgan fingerprint density at radius 2 is 1.83 bits per heavy atom. The third-order valence-corrected chi connectivity index (χ3v) is 11.9. The second-order valence-corrected chi connectivity index (χ2v) is 17.5. The van der Waals surface area contributed by atoms with Crippen molar-refractivity contribution in [2.24, 2.45) is 0 Å². The van der Waals surface area contributed by atoms with E-state index in [1.165, 1.54) is 0 Å². The Morgan fingerprint density at radius 3 is 2.42 bits per heavy atom. The molecule has 1 unspecified atom stereocenters. The molecule has 1 atom stereocenters. The molecular weight excluding hydrogens is 574 g/mol. The number of fused-ring (bicyclic) bond motifs is 1. The van der Waals surface area contributed by atoms with E-state index < -0.39 is 37.7 Å². The van der Waals surface area contributed by atoms with Crippen LogP contribution < -0.4 is 4.90 Å². The van der Waals surface area contributed by atoms with Gasteiger partial charge >= 0.3 is 6.09 Å². The molecule has 0 radical (unpaired) electrons. The van der Waals surface area contributed by atoms with E-state index in [1.807, 2.05) is 25.7 Å². The Balaban J connectivity index is 2.04. The maximum absolute atomic E-state index is 15.2. The van der Waals surface area contributed by atoms with Crippen LogP contribution in [-0.2, 0) is 9.16 Å². The molecule has 1 saturated heterocycles. The molecule has 0 aliphatic carbocycles. The second kappa shape index (κ2) is 10.3. The number of rotatable bonds is 4. The zero-order valence-electron chi connectivity index (χ0n) is 22.0. The van der Waals surface area contributed by atoms with Crippen LogP contribution in [0.3, 0.4) is 0 Å².